The van der Waals surface area contributed by atoms with Gasteiger partial charge in [0.15, 0.2) is 0 Å². The van der Waals surface area contributed by atoms with Gasteiger partial charge in [0.05, 0.1) is 18.8 Å². The second-order valence-electron chi connectivity index (χ2n) is 9.41. The lowest BCUT2D eigenvalue weighted by molar-refractivity contribution is 0.164. The van der Waals surface area contributed by atoms with Crippen molar-refractivity contribution in [2.75, 3.05) is 13.7 Å². The van der Waals surface area contributed by atoms with Crippen LogP contribution in [0.2, 0.25) is 0 Å². The lowest BCUT2D eigenvalue weighted by Gasteiger charge is -2.37. The van der Waals surface area contributed by atoms with Crippen LogP contribution in [-0.2, 0) is 38.8 Å². The van der Waals surface area contributed by atoms with Crippen molar-refractivity contribution in [3.8, 4) is 5.75 Å². The van der Waals surface area contributed by atoms with Gasteiger partial charge in [-0.1, -0.05) is 36.4 Å². The van der Waals surface area contributed by atoms with Crippen LogP contribution in [0.1, 0.15) is 33.6 Å². The molecule has 6 rings (SSSR count). The highest BCUT2D eigenvalue weighted by Crippen LogP contribution is 2.36. The van der Waals surface area contributed by atoms with E-state index in [0.717, 1.165) is 61.2 Å². The Kier molecular flexibility index (Phi) is 5.71. The molecule has 4 aromatic rings. The molecule has 0 spiro atoms. The molecule has 2 aromatic carbocycles. The lowest BCUT2D eigenvalue weighted by Crippen LogP contribution is -2.42. The third-order valence-corrected chi connectivity index (χ3v) is 8.65. The molecule has 34 heavy (non-hydrogen) atoms. The minimum atomic E-state index is 0.112. The van der Waals surface area contributed by atoms with Gasteiger partial charge >= 0.3 is 0 Å². The van der Waals surface area contributed by atoms with Crippen molar-refractivity contribution >= 4 is 21.6 Å². The van der Waals surface area contributed by atoms with Crippen molar-refractivity contribution in [3.63, 3.8) is 0 Å². The number of methoxy groups -OCH3 is 1. The van der Waals surface area contributed by atoms with Crippen molar-refractivity contribution in [3.05, 3.63) is 92.3 Å². The standard InChI is InChI=1S/C28H29N3O2S/c1-33-23-9-6-19(7-10-23)12-14-31-18-29-27-26(28(31)32)24-11-8-22(16-25(24)34-27)30-15-13-20-4-2-3-5-21(20)17-30/h2-7,9-10,18,22H,8,11-17H2,1H3. The topological polar surface area (TPSA) is 47.4 Å². The van der Waals surface area contributed by atoms with Gasteiger partial charge in [-0.3, -0.25) is 14.3 Å². The first-order valence-electron chi connectivity index (χ1n) is 12.1. The van der Waals surface area contributed by atoms with E-state index in [2.05, 4.69) is 41.3 Å². The number of fused-ring (bicyclic) bond motifs is 4. The molecule has 3 heterocycles. The summed E-state index contributed by atoms with van der Waals surface area (Å²) < 4.78 is 7.02. The van der Waals surface area contributed by atoms with E-state index in [9.17, 15) is 4.79 Å². The van der Waals surface area contributed by atoms with Crippen LogP contribution in [-0.4, -0.2) is 34.1 Å². The highest BCUT2D eigenvalue weighted by molar-refractivity contribution is 7.18. The number of hydrogen-bond donors (Lipinski definition) is 0. The van der Waals surface area contributed by atoms with Crippen molar-refractivity contribution in [2.45, 2.75) is 51.2 Å². The van der Waals surface area contributed by atoms with Gasteiger partial charge in [0.2, 0.25) is 0 Å². The van der Waals surface area contributed by atoms with Crippen molar-refractivity contribution in [1.82, 2.24) is 14.5 Å². The molecule has 1 aliphatic heterocycles. The van der Waals surface area contributed by atoms with Crippen LogP contribution in [0, 0.1) is 0 Å². The number of aryl methyl sites for hydroxylation is 3. The van der Waals surface area contributed by atoms with Gasteiger partial charge < -0.3 is 4.74 Å². The highest BCUT2D eigenvalue weighted by Gasteiger charge is 2.30. The van der Waals surface area contributed by atoms with Gasteiger partial charge in [0, 0.05) is 30.6 Å². The summed E-state index contributed by atoms with van der Waals surface area (Å²) >= 11 is 1.73. The molecule has 1 unspecified atom stereocenters. The molecular formula is C28H29N3O2S. The molecule has 0 radical (unpaired) electrons. The third kappa shape index (κ3) is 3.95. The lowest BCUT2D eigenvalue weighted by atomic mass is 9.90. The number of nitrogens with zero attached hydrogens (tertiary/aromatic N) is 3. The third-order valence-electron chi connectivity index (χ3n) is 7.49. The zero-order valence-electron chi connectivity index (χ0n) is 19.5. The van der Waals surface area contributed by atoms with Gasteiger partial charge in [-0.2, -0.15) is 0 Å². The second kappa shape index (κ2) is 9.01. The summed E-state index contributed by atoms with van der Waals surface area (Å²) in [4.78, 5) is 23.0. The summed E-state index contributed by atoms with van der Waals surface area (Å²) in [5.41, 5.74) is 5.52. The molecular weight excluding hydrogens is 442 g/mol. The van der Waals surface area contributed by atoms with E-state index in [-0.39, 0.29) is 5.56 Å². The average Bonchev–Trinajstić information content (AvgIpc) is 3.27. The molecule has 2 aliphatic rings. The monoisotopic (exact) mass is 471 g/mol. The maximum atomic E-state index is 13.4. The second-order valence-corrected chi connectivity index (χ2v) is 10.5. The van der Waals surface area contributed by atoms with Gasteiger partial charge in [-0.05, 0) is 66.5 Å². The first-order valence-corrected chi connectivity index (χ1v) is 12.9. The normalized spacial score (nSPS) is 18.0. The smallest absolute Gasteiger partial charge is 0.262 e. The van der Waals surface area contributed by atoms with E-state index < -0.39 is 0 Å². The summed E-state index contributed by atoms with van der Waals surface area (Å²) in [6.45, 7) is 2.80. The van der Waals surface area contributed by atoms with Crippen molar-refractivity contribution < 1.29 is 4.74 Å². The largest absolute Gasteiger partial charge is 0.497 e. The van der Waals surface area contributed by atoms with Crippen LogP contribution in [0.15, 0.2) is 59.7 Å². The Balaban J connectivity index is 1.21. The Labute approximate surface area is 203 Å². The van der Waals surface area contributed by atoms with Crippen LogP contribution in [0.3, 0.4) is 0 Å². The van der Waals surface area contributed by atoms with Crippen LogP contribution >= 0.6 is 11.3 Å². The predicted octanol–water partition coefficient (Wildman–Crippen LogP) is 4.62. The maximum absolute atomic E-state index is 13.4. The molecule has 174 valence electrons. The van der Waals surface area contributed by atoms with Gasteiger partial charge in [0.1, 0.15) is 10.6 Å². The maximum Gasteiger partial charge on any atom is 0.262 e. The minimum Gasteiger partial charge on any atom is -0.497 e. The van der Waals surface area contributed by atoms with Gasteiger partial charge in [-0.15, -0.1) is 11.3 Å². The molecule has 0 fully saturated rings. The van der Waals surface area contributed by atoms with Crippen LogP contribution < -0.4 is 10.3 Å². The summed E-state index contributed by atoms with van der Waals surface area (Å²) in [5, 5.41) is 0.861. The van der Waals surface area contributed by atoms with E-state index in [1.54, 1.807) is 29.3 Å². The first kappa shape index (κ1) is 21.6. The molecule has 0 amide bonds. The molecule has 1 atom stereocenters. The summed E-state index contributed by atoms with van der Waals surface area (Å²) in [5.74, 6) is 0.848. The minimum absolute atomic E-state index is 0.112. The zero-order valence-corrected chi connectivity index (χ0v) is 20.3. The summed E-state index contributed by atoms with van der Waals surface area (Å²) in [7, 11) is 1.67. The molecule has 5 nitrogen and oxygen atoms in total. The molecule has 2 aromatic heterocycles. The van der Waals surface area contributed by atoms with Crippen LogP contribution in [0.25, 0.3) is 10.2 Å². The van der Waals surface area contributed by atoms with E-state index in [0.29, 0.717) is 12.6 Å². The number of ether oxygens (including phenoxy) is 1. The fourth-order valence-electron chi connectivity index (χ4n) is 5.53. The fourth-order valence-corrected chi connectivity index (χ4v) is 6.77. The summed E-state index contributed by atoms with van der Waals surface area (Å²) in [6.07, 6.45) is 6.77. The van der Waals surface area contributed by atoms with E-state index in [4.69, 9.17) is 9.72 Å². The van der Waals surface area contributed by atoms with Crippen LogP contribution in [0.4, 0.5) is 0 Å². The quantitative estimate of drug-likeness (QED) is 0.426. The number of hydrogen-bond acceptors (Lipinski definition) is 5. The Hall–Kier alpha value is -2.96. The van der Waals surface area contributed by atoms with E-state index in [1.807, 2.05) is 12.1 Å². The SMILES string of the molecule is COc1ccc(CCn2cnc3sc4c(c3c2=O)CCC(N2CCc3ccccc3C2)C4)cc1. The highest BCUT2D eigenvalue weighted by atomic mass is 32.1. The Bertz CT molecular complexity index is 1390. The zero-order chi connectivity index (χ0) is 23.1. The van der Waals surface area contributed by atoms with Crippen LogP contribution in [0.5, 0.6) is 5.75 Å². The van der Waals surface area contributed by atoms with E-state index >= 15 is 0 Å². The summed E-state index contributed by atoms with van der Waals surface area (Å²) in [6, 6.07) is 17.4. The van der Waals surface area contributed by atoms with Gasteiger partial charge in [-0.25, -0.2) is 4.98 Å². The Morgan fingerprint density at radius 3 is 2.74 bits per heavy atom. The molecule has 6 heteroatoms. The van der Waals surface area contributed by atoms with Crippen molar-refractivity contribution in [1.29, 1.82) is 0 Å². The molecule has 0 saturated heterocycles. The molecule has 0 saturated carbocycles. The van der Waals surface area contributed by atoms with Gasteiger partial charge in [0.25, 0.3) is 5.56 Å². The van der Waals surface area contributed by atoms with Crippen molar-refractivity contribution in [2.24, 2.45) is 0 Å². The Morgan fingerprint density at radius 2 is 1.91 bits per heavy atom. The number of aromatic nitrogens is 2. The molecule has 1 aliphatic carbocycles. The predicted molar refractivity (Wildman–Crippen MR) is 137 cm³/mol. The average molecular weight is 472 g/mol. The number of thiophene rings is 1. The fraction of sp³-hybridized carbons (Fsp3) is 0.357. The first-order chi connectivity index (χ1) is 16.7. The molecule has 0 bridgehead atoms. The molecule has 0 N–H and O–H groups in total. The number of rotatable bonds is 5. The number of benzene rings is 2. The Morgan fingerprint density at radius 1 is 1.09 bits per heavy atom. The van der Waals surface area contributed by atoms with E-state index in [1.165, 1.54) is 27.1 Å².